The predicted octanol–water partition coefficient (Wildman–Crippen LogP) is 2.02. The number of likely N-dealkylation sites (tertiary alicyclic amines) is 1. The number of nitrogens with one attached hydrogen (secondary N) is 1. The molecule has 2 N–H and O–H groups in total. The molecule has 0 aromatic carbocycles. The maximum atomic E-state index is 12.0. The van der Waals surface area contributed by atoms with E-state index in [-0.39, 0.29) is 18.6 Å². The highest BCUT2D eigenvalue weighted by Gasteiger charge is 2.31. The topological polar surface area (TPSA) is 82.5 Å². The van der Waals surface area contributed by atoms with Crippen molar-refractivity contribution in [3.05, 3.63) is 28.5 Å². The average molecular weight is 342 g/mol. The second-order valence-electron chi connectivity index (χ2n) is 4.84. The van der Waals surface area contributed by atoms with E-state index in [0.717, 1.165) is 10.2 Å². The number of aliphatic carboxylic acids is 1. The predicted molar refractivity (Wildman–Crippen MR) is 76.2 cm³/mol. The summed E-state index contributed by atoms with van der Waals surface area (Å²) in [6, 6.07) is 3.23. The van der Waals surface area contributed by atoms with Crippen molar-refractivity contribution in [3.8, 4) is 0 Å². The Bertz CT molecular complexity index is 506. The molecule has 6 nitrogen and oxygen atoms in total. The van der Waals surface area contributed by atoms with Gasteiger partial charge in [0, 0.05) is 23.8 Å². The van der Waals surface area contributed by atoms with Crippen molar-refractivity contribution >= 4 is 27.9 Å². The van der Waals surface area contributed by atoms with E-state index in [1.54, 1.807) is 6.20 Å². The number of pyridine rings is 1. The lowest BCUT2D eigenvalue weighted by Gasteiger charge is -2.20. The van der Waals surface area contributed by atoms with Crippen LogP contribution in [0.15, 0.2) is 22.8 Å². The maximum Gasteiger partial charge on any atom is 0.317 e. The van der Waals surface area contributed by atoms with Crippen molar-refractivity contribution < 1.29 is 14.7 Å². The molecule has 20 heavy (non-hydrogen) atoms. The normalized spacial score (nSPS) is 19.7. The van der Waals surface area contributed by atoms with E-state index < -0.39 is 11.9 Å². The number of carboxylic acid groups (broad SMARTS) is 1. The molecule has 0 saturated carbocycles. The summed E-state index contributed by atoms with van der Waals surface area (Å²) >= 11 is 3.31. The Morgan fingerprint density at radius 2 is 2.30 bits per heavy atom. The van der Waals surface area contributed by atoms with Gasteiger partial charge in [0.1, 0.15) is 0 Å². The summed E-state index contributed by atoms with van der Waals surface area (Å²) in [6.45, 7) is 2.59. The molecule has 1 aromatic heterocycles. The van der Waals surface area contributed by atoms with Crippen LogP contribution in [-0.4, -0.2) is 40.1 Å². The Morgan fingerprint density at radius 3 is 2.85 bits per heavy atom. The van der Waals surface area contributed by atoms with Crippen LogP contribution >= 0.6 is 15.9 Å². The minimum atomic E-state index is -0.845. The molecule has 1 fully saturated rings. The van der Waals surface area contributed by atoms with E-state index in [9.17, 15) is 9.59 Å². The minimum Gasteiger partial charge on any atom is -0.481 e. The lowest BCUT2D eigenvalue weighted by Crippen LogP contribution is -2.40. The highest BCUT2D eigenvalue weighted by Crippen LogP contribution is 2.18. The zero-order valence-corrected chi connectivity index (χ0v) is 12.6. The maximum absolute atomic E-state index is 12.0. The molecule has 108 valence electrons. The molecule has 1 aliphatic heterocycles. The summed E-state index contributed by atoms with van der Waals surface area (Å²) in [5.74, 6) is -1.30. The van der Waals surface area contributed by atoms with Gasteiger partial charge in [-0.2, -0.15) is 0 Å². The number of carboxylic acids is 1. The van der Waals surface area contributed by atoms with Gasteiger partial charge in [-0.25, -0.2) is 4.79 Å². The standard InChI is InChI=1S/C13H16BrN3O3/c1-8(11-3-2-10(14)6-15-11)16-13(20)17-5-4-9(7-17)12(18)19/h2-3,6,8-9H,4-5,7H2,1H3,(H,16,20)(H,18,19). The number of halogens is 1. The Labute approximate surface area is 125 Å². The van der Waals surface area contributed by atoms with E-state index in [1.165, 1.54) is 4.90 Å². The van der Waals surface area contributed by atoms with Crippen molar-refractivity contribution in [1.82, 2.24) is 15.2 Å². The van der Waals surface area contributed by atoms with Gasteiger partial charge in [0.2, 0.25) is 0 Å². The Balaban J connectivity index is 1.91. The first-order valence-corrected chi connectivity index (χ1v) is 7.16. The molecule has 1 saturated heterocycles. The summed E-state index contributed by atoms with van der Waals surface area (Å²) in [5.41, 5.74) is 0.760. The van der Waals surface area contributed by atoms with Crippen LogP contribution in [-0.2, 0) is 4.79 Å². The van der Waals surface area contributed by atoms with Gasteiger partial charge in [-0.1, -0.05) is 0 Å². The molecule has 2 amide bonds. The van der Waals surface area contributed by atoms with Gasteiger partial charge < -0.3 is 15.3 Å². The number of aromatic nitrogens is 1. The van der Waals surface area contributed by atoms with Crippen LogP contribution in [0.3, 0.4) is 0 Å². The van der Waals surface area contributed by atoms with E-state index in [1.807, 2.05) is 19.1 Å². The fourth-order valence-electron chi connectivity index (χ4n) is 2.14. The summed E-state index contributed by atoms with van der Waals surface area (Å²) in [7, 11) is 0. The number of nitrogens with zero attached hydrogens (tertiary/aromatic N) is 2. The number of hydrogen-bond donors (Lipinski definition) is 2. The zero-order valence-electron chi connectivity index (χ0n) is 11.0. The molecule has 2 atom stereocenters. The second kappa shape index (κ2) is 6.21. The first-order chi connectivity index (χ1) is 9.47. The minimum absolute atomic E-state index is 0.223. The molecule has 0 bridgehead atoms. The fourth-order valence-corrected chi connectivity index (χ4v) is 2.37. The van der Waals surface area contributed by atoms with Crippen LogP contribution in [0, 0.1) is 5.92 Å². The Hall–Kier alpha value is -1.63. The lowest BCUT2D eigenvalue weighted by atomic mass is 10.1. The number of rotatable bonds is 3. The summed E-state index contributed by atoms with van der Waals surface area (Å²) < 4.78 is 0.878. The molecule has 2 heterocycles. The van der Waals surface area contributed by atoms with Gasteiger partial charge in [0.25, 0.3) is 0 Å². The van der Waals surface area contributed by atoms with Crippen molar-refractivity contribution in [2.75, 3.05) is 13.1 Å². The number of urea groups is 1. The van der Waals surface area contributed by atoms with Crippen LogP contribution in [0.4, 0.5) is 4.79 Å². The van der Waals surface area contributed by atoms with Gasteiger partial charge in [0.05, 0.1) is 17.7 Å². The third-order valence-electron chi connectivity index (χ3n) is 3.36. The third-order valence-corrected chi connectivity index (χ3v) is 3.83. The highest BCUT2D eigenvalue weighted by atomic mass is 79.9. The van der Waals surface area contributed by atoms with Crippen LogP contribution in [0.2, 0.25) is 0 Å². The van der Waals surface area contributed by atoms with Gasteiger partial charge in [0.15, 0.2) is 0 Å². The van der Waals surface area contributed by atoms with E-state index in [2.05, 4.69) is 26.2 Å². The quantitative estimate of drug-likeness (QED) is 0.880. The number of hydrogen-bond acceptors (Lipinski definition) is 3. The van der Waals surface area contributed by atoms with Gasteiger partial charge >= 0.3 is 12.0 Å². The largest absolute Gasteiger partial charge is 0.481 e. The van der Waals surface area contributed by atoms with Crippen molar-refractivity contribution in [2.45, 2.75) is 19.4 Å². The Morgan fingerprint density at radius 1 is 1.55 bits per heavy atom. The summed E-state index contributed by atoms with van der Waals surface area (Å²) in [6.07, 6.45) is 2.18. The van der Waals surface area contributed by atoms with Crippen molar-refractivity contribution in [1.29, 1.82) is 0 Å². The zero-order chi connectivity index (χ0) is 14.7. The molecule has 0 radical (unpaired) electrons. The van der Waals surface area contributed by atoms with Gasteiger partial charge in [-0.15, -0.1) is 0 Å². The van der Waals surface area contributed by atoms with E-state index >= 15 is 0 Å². The van der Waals surface area contributed by atoms with Crippen LogP contribution in [0.1, 0.15) is 25.1 Å². The monoisotopic (exact) mass is 341 g/mol. The Kier molecular flexibility index (Phi) is 4.59. The first kappa shape index (κ1) is 14.8. The molecule has 1 aliphatic rings. The van der Waals surface area contributed by atoms with Crippen molar-refractivity contribution in [2.24, 2.45) is 5.92 Å². The smallest absolute Gasteiger partial charge is 0.317 e. The van der Waals surface area contributed by atoms with Gasteiger partial charge in [-0.05, 0) is 41.4 Å². The number of carbonyl (C=O) groups excluding carboxylic acids is 1. The molecule has 2 unspecified atom stereocenters. The number of carbonyl (C=O) groups is 2. The third kappa shape index (κ3) is 3.47. The molecule has 0 spiro atoms. The molecule has 7 heteroatoms. The SMILES string of the molecule is CC(NC(=O)N1CCC(C(=O)O)C1)c1ccc(Br)cn1. The van der Waals surface area contributed by atoms with E-state index in [4.69, 9.17) is 5.11 Å². The first-order valence-electron chi connectivity index (χ1n) is 6.37. The van der Waals surface area contributed by atoms with Gasteiger partial charge in [-0.3, -0.25) is 9.78 Å². The highest BCUT2D eigenvalue weighted by molar-refractivity contribution is 9.10. The second-order valence-corrected chi connectivity index (χ2v) is 5.76. The van der Waals surface area contributed by atoms with Crippen LogP contribution in [0.5, 0.6) is 0 Å². The summed E-state index contributed by atoms with van der Waals surface area (Å²) in [5, 5.41) is 11.8. The van der Waals surface area contributed by atoms with Crippen molar-refractivity contribution in [3.63, 3.8) is 0 Å². The van der Waals surface area contributed by atoms with E-state index in [0.29, 0.717) is 13.0 Å². The summed E-state index contributed by atoms with van der Waals surface area (Å²) in [4.78, 5) is 28.7. The molecular weight excluding hydrogens is 326 g/mol. The molecular formula is C13H16BrN3O3. The molecule has 1 aromatic rings. The van der Waals surface area contributed by atoms with Crippen LogP contribution in [0.25, 0.3) is 0 Å². The van der Waals surface area contributed by atoms with Crippen LogP contribution < -0.4 is 5.32 Å². The number of amides is 2. The lowest BCUT2D eigenvalue weighted by molar-refractivity contribution is -0.141. The fraction of sp³-hybridized carbons (Fsp3) is 0.462. The molecule has 0 aliphatic carbocycles. The molecule has 2 rings (SSSR count). The average Bonchev–Trinajstić information content (AvgIpc) is 2.89.